The van der Waals surface area contributed by atoms with Crippen LogP contribution in [-0.2, 0) is 0 Å². The smallest absolute Gasteiger partial charge is 0.277 e. The van der Waals surface area contributed by atoms with Crippen LogP contribution in [0.3, 0.4) is 0 Å². The molecule has 144 valence electrons. The zero-order chi connectivity index (χ0) is 20.4. The van der Waals surface area contributed by atoms with Gasteiger partial charge in [0.1, 0.15) is 12.1 Å². The van der Waals surface area contributed by atoms with E-state index < -0.39 is 11.8 Å². The Labute approximate surface area is 163 Å². The minimum Gasteiger partial charge on any atom is -0.444 e. The second-order valence-corrected chi connectivity index (χ2v) is 5.87. The van der Waals surface area contributed by atoms with E-state index in [-0.39, 0.29) is 23.0 Å². The fraction of sp³-hybridized carbons (Fsp3) is 0. The van der Waals surface area contributed by atoms with Crippen LogP contribution in [0.1, 0.15) is 21.0 Å². The number of carbonyl (C=O) groups is 2. The first-order valence-corrected chi connectivity index (χ1v) is 8.30. The minimum atomic E-state index is -0.791. The maximum Gasteiger partial charge on any atom is 0.277 e. The summed E-state index contributed by atoms with van der Waals surface area (Å²) in [6, 6.07) is 6.59. The van der Waals surface area contributed by atoms with Crippen molar-refractivity contribution in [2.24, 2.45) is 5.73 Å². The molecule has 4 aromatic heterocycles. The molecule has 4 rings (SSSR count). The van der Waals surface area contributed by atoms with Gasteiger partial charge in [0.15, 0.2) is 11.4 Å². The summed E-state index contributed by atoms with van der Waals surface area (Å²) in [4.78, 5) is 36.3. The molecule has 0 spiro atoms. The van der Waals surface area contributed by atoms with Crippen molar-refractivity contribution in [1.29, 1.82) is 0 Å². The molecule has 0 atom stereocenters. The van der Waals surface area contributed by atoms with E-state index >= 15 is 0 Å². The highest BCUT2D eigenvalue weighted by Gasteiger charge is 2.20. The van der Waals surface area contributed by atoms with Gasteiger partial charge in [0.25, 0.3) is 11.8 Å². The fourth-order valence-corrected chi connectivity index (χ4v) is 2.55. The number of anilines is 2. The number of nitrogens with zero attached hydrogens (tertiary/aromatic N) is 5. The Morgan fingerprint density at radius 3 is 2.66 bits per heavy atom. The molecule has 0 unspecified atom stereocenters. The Hall–Kier alpha value is -4.54. The van der Waals surface area contributed by atoms with E-state index in [4.69, 9.17) is 15.9 Å². The average molecular weight is 390 g/mol. The number of aromatic nitrogens is 5. The Balaban J connectivity index is 1.60. The van der Waals surface area contributed by atoms with E-state index in [9.17, 15) is 9.59 Å². The molecule has 0 aromatic carbocycles. The predicted molar refractivity (Wildman–Crippen MR) is 102 cm³/mol. The van der Waals surface area contributed by atoms with Crippen molar-refractivity contribution in [1.82, 2.24) is 24.7 Å². The third-order valence-corrected chi connectivity index (χ3v) is 3.89. The topological polar surface area (TPSA) is 168 Å². The summed E-state index contributed by atoms with van der Waals surface area (Å²) in [6.07, 6.45) is 7.31. The summed E-state index contributed by atoms with van der Waals surface area (Å²) in [6.45, 7) is 0. The summed E-state index contributed by atoms with van der Waals surface area (Å²) in [5, 5.41) is 6.70. The van der Waals surface area contributed by atoms with Crippen molar-refractivity contribution < 1.29 is 14.0 Å². The summed E-state index contributed by atoms with van der Waals surface area (Å²) in [7, 11) is 0. The van der Waals surface area contributed by atoms with E-state index in [2.05, 4.69) is 25.4 Å². The molecule has 0 aliphatic carbocycles. The quantitative estimate of drug-likeness (QED) is 0.457. The molecular formula is C18H14N8O3. The minimum absolute atomic E-state index is 0.00228. The lowest BCUT2D eigenvalue weighted by atomic mass is 10.2. The second kappa shape index (κ2) is 7.23. The van der Waals surface area contributed by atoms with Crippen LogP contribution in [0.15, 0.2) is 59.7 Å². The Bertz CT molecular complexity index is 1200. The summed E-state index contributed by atoms with van der Waals surface area (Å²) < 4.78 is 6.75. The number of carbonyl (C=O) groups excluding carboxylic acids is 2. The zero-order valence-electron chi connectivity index (χ0n) is 14.8. The number of primary amides is 1. The average Bonchev–Trinajstić information content (AvgIpc) is 3.36. The monoisotopic (exact) mass is 390 g/mol. The number of hydrogen-bond donors (Lipinski definition) is 3. The van der Waals surface area contributed by atoms with Crippen molar-refractivity contribution >= 4 is 23.3 Å². The number of nitrogens with two attached hydrogens (primary N) is 2. The lowest BCUT2D eigenvalue weighted by Crippen LogP contribution is -2.18. The normalized spacial score (nSPS) is 10.6. The highest BCUT2D eigenvalue weighted by atomic mass is 16.3. The fourth-order valence-electron chi connectivity index (χ4n) is 2.55. The van der Waals surface area contributed by atoms with Crippen molar-refractivity contribution in [2.45, 2.75) is 0 Å². The number of oxazole rings is 1. The van der Waals surface area contributed by atoms with Gasteiger partial charge in [0.05, 0.1) is 17.6 Å². The van der Waals surface area contributed by atoms with Crippen LogP contribution in [0.25, 0.3) is 17.1 Å². The lowest BCUT2D eigenvalue weighted by molar-refractivity contribution is 0.0996. The van der Waals surface area contributed by atoms with Gasteiger partial charge in [-0.2, -0.15) is 5.10 Å². The third kappa shape index (κ3) is 3.64. The van der Waals surface area contributed by atoms with Gasteiger partial charge in [-0.15, -0.1) is 0 Å². The Morgan fingerprint density at radius 1 is 1.14 bits per heavy atom. The van der Waals surface area contributed by atoms with E-state index in [1.54, 1.807) is 36.7 Å². The van der Waals surface area contributed by atoms with Crippen molar-refractivity contribution in [3.05, 3.63) is 66.7 Å². The van der Waals surface area contributed by atoms with Crippen LogP contribution >= 0.6 is 0 Å². The molecule has 0 saturated carbocycles. The lowest BCUT2D eigenvalue weighted by Gasteiger charge is -2.00. The van der Waals surface area contributed by atoms with Crippen LogP contribution in [0, 0.1) is 0 Å². The number of nitrogen functional groups attached to an aromatic ring is 1. The summed E-state index contributed by atoms with van der Waals surface area (Å²) in [5.41, 5.74) is 12.3. The van der Waals surface area contributed by atoms with Gasteiger partial charge in [-0.1, -0.05) is 0 Å². The molecule has 11 nitrogen and oxygen atoms in total. The zero-order valence-corrected chi connectivity index (χ0v) is 14.8. The molecule has 4 aromatic rings. The maximum absolute atomic E-state index is 12.6. The Kier molecular flexibility index (Phi) is 4.45. The largest absolute Gasteiger partial charge is 0.444 e. The second-order valence-electron chi connectivity index (χ2n) is 5.87. The highest BCUT2D eigenvalue weighted by molar-refractivity contribution is 6.07. The standard InChI is InChI=1S/C18H14N8O3/c19-14-7-10(1-6-22-14)18-24-13(9-29-18)17(28)23-12-8-26(25-15(12)16(20)27)11-2-4-21-5-3-11/h1-9H,(H2,19,22)(H2,20,27)(H,23,28). The Morgan fingerprint density at radius 2 is 1.93 bits per heavy atom. The first kappa shape index (κ1) is 17.9. The maximum atomic E-state index is 12.6. The van der Waals surface area contributed by atoms with E-state index in [0.29, 0.717) is 17.1 Å². The molecular weight excluding hydrogens is 376 g/mol. The van der Waals surface area contributed by atoms with E-state index in [0.717, 1.165) is 0 Å². The van der Waals surface area contributed by atoms with Gasteiger partial charge in [-0.3, -0.25) is 14.6 Å². The molecule has 0 aliphatic rings. The van der Waals surface area contributed by atoms with Gasteiger partial charge in [0.2, 0.25) is 5.89 Å². The third-order valence-electron chi connectivity index (χ3n) is 3.89. The van der Waals surface area contributed by atoms with Crippen LogP contribution in [0.2, 0.25) is 0 Å². The van der Waals surface area contributed by atoms with Gasteiger partial charge < -0.3 is 21.2 Å². The molecule has 0 fully saturated rings. The highest BCUT2D eigenvalue weighted by Crippen LogP contribution is 2.21. The molecule has 5 N–H and O–H groups in total. The molecule has 11 heteroatoms. The number of rotatable bonds is 5. The van der Waals surface area contributed by atoms with Gasteiger partial charge in [0, 0.05) is 24.2 Å². The van der Waals surface area contributed by atoms with Crippen LogP contribution in [0.4, 0.5) is 11.5 Å². The van der Waals surface area contributed by atoms with E-state index in [1.165, 1.54) is 23.3 Å². The summed E-state index contributed by atoms with van der Waals surface area (Å²) >= 11 is 0. The van der Waals surface area contributed by atoms with E-state index in [1.807, 2.05) is 0 Å². The van der Waals surface area contributed by atoms with Gasteiger partial charge in [-0.05, 0) is 24.3 Å². The number of pyridine rings is 2. The first-order valence-electron chi connectivity index (χ1n) is 8.30. The van der Waals surface area contributed by atoms with Crippen LogP contribution in [-0.4, -0.2) is 36.5 Å². The summed E-state index contributed by atoms with van der Waals surface area (Å²) in [5.74, 6) is -0.895. The molecule has 0 aliphatic heterocycles. The van der Waals surface area contributed by atoms with Crippen molar-refractivity contribution in [3.63, 3.8) is 0 Å². The van der Waals surface area contributed by atoms with Crippen LogP contribution < -0.4 is 16.8 Å². The first-order chi connectivity index (χ1) is 14.0. The van der Waals surface area contributed by atoms with Crippen LogP contribution in [0.5, 0.6) is 0 Å². The van der Waals surface area contributed by atoms with Crippen molar-refractivity contribution in [2.75, 3.05) is 11.1 Å². The van der Waals surface area contributed by atoms with Crippen molar-refractivity contribution in [3.8, 4) is 17.1 Å². The molecule has 0 saturated heterocycles. The van der Waals surface area contributed by atoms with Gasteiger partial charge >= 0.3 is 0 Å². The number of amides is 2. The molecule has 2 amide bonds. The number of nitrogens with one attached hydrogen (secondary N) is 1. The molecule has 29 heavy (non-hydrogen) atoms. The molecule has 0 radical (unpaired) electrons. The molecule has 0 bridgehead atoms. The predicted octanol–water partition coefficient (Wildman–Crippen LogP) is 1.25. The molecule has 4 heterocycles. The SMILES string of the molecule is NC(=O)c1nn(-c2ccncc2)cc1NC(=O)c1coc(-c2ccnc(N)c2)n1. The van der Waals surface area contributed by atoms with Gasteiger partial charge in [-0.25, -0.2) is 14.6 Å². The number of hydrogen-bond acceptors (Lipinski definition) is 8.